The first-order valence-electron chi connectivity index (χ1n) is 15.1. The quantitative estimate of drug-likeness (QED) is 0.162. The topological polar surface area (TPSA) is 20.2 Å². The van der Waals surface area contributed by atoms with E-state index in [4.69, 9.17) is 0 Å². The Kier molecular flexibility index (Phi) is 19.6. The number of rotatable bonds is 23. The molecule has 0 spiro atoms. The maximum atomic E-state index is 10.7. The average molecular weight is 459 g/mol. The molecule has 0 radical (unpaired) electrons. The molecule has 0 amide bonds. The monoisotopic (exact) mass is 458 g/mol. The SMILES string of the molecule is CCCCCCCCCCCCc1c(O)ccc(CCCCCCC)c1CCCCCCC. The van der Waals surface area contributed by atoms with E-state index in [0.717, 1.165) is 12.8 Å². The van der Waals surface area contributed by atoms with Crippen LogP contribution in [0.15, 0.2) is 12.1 Å². The number of unbranched alkanes of at least 4 members (excludes halogenated alkanes) is 17. The molecule has 1 aromatic carbocycles. The van der Waals surface area contributed by atoms with E-state index in [1.807, 2.05) is 6.07 Å². The van der Waals surface area contributed by atoms with Gasteiger partial charge in [0.05, 0.1) is 0 Å². The largest absolute Gasteiger partial charge is 0.508 e. The molecule has 0 aromatic heterocycles. The fraction of sp³-hybridized carbons (Fsp3) is 0.812. The third-order valence-electron chi connectivity index (χ3n) is 7.36. The van der Waals surface area contributed by atoms with Gasteiger partial charge in [-0.3, -0.25) is 0 Å². The summed E-state index contributed by atoms with van der Waals surface area (Å²) < 4.78 is 0. The van der Waals surface area contributed by atoms with Crippen molar-refractivity contribution in [3.63, 3.8) is 0 Å². The van der Waals surface area contributed by atoms with Crippen LogP contribution >= 0.6 is 0 Å². The molecule has 0 saturated heterocycles. The number of hydrogen-bond donors (Lipinski definition) is 1. The number of phenols is 1. The van der Waals surface area contributed by atoms with E-state index in [1.54, 1.807) is 0 Å². The Morgan fingerprint density at radius 1 is 0.424 bits per heavy atom. The fourth-order valence-corrected chi connectivity index (χ4v) is 5.17. The highest BCUT2D eigenvalue weighted by Crippen LogP contribution is 2.30. The second-order valence-corrected chi connectivity index (χ2v) is 10.5. The lowest BCUT2D eigenvalue weighted by molar-refractivity contribution is 0.463. The number of aryl methyl sites for hydroxylation is 1. The summed E-state index contributed by atoms with van der Waals surface area (Å²) in [6, 6.07) is 4.23. The highest BCUT2D eigenvalue weighted by atomic mass is 16.3. The van der Waals surface area contributed by atoms with Gasteiger partial charge in [-0.1, -0.05) is 136 Å². The Morgan fingerprint density at radius 2 is 0.788 bits per heavy atom. The zero-order valence-corrected chi connectivity index (χ0v) is 22.9. The van der Waals surface area contributed by atoms with Crippen LogP contribution in [0.2, 0.25) is 0 Å². The molecule has 0 bridgehead atoms. The fourth-order valence-electron chi connectivity index (χ4n) is 5.17. The molecule has 33 heavy (non-hydrogen) atoms. The Morgan fingerprint density at radius 3 is 1.24 bits per heavy atom. The maximum Gasteiger partial charge on any atom is 0.119 e. The summed E-state index contributed by atoms with van der Waals surface area (Å²) in [4.78, 5) is 0. The van der Waals surface area contributed by atoms with Gasteiger partial charge < -0.3 is 5.11 Å². The van der Waals surface area contributed by atoms with Crippen molar-refractivity contribution in [3.05, 3.63) is 28.8 Å². The first-order chi connectivity index (χ1) is 16.2. The Bertz CT molecular complexity index is 562. The van der Waals surface area contributed by atoms with Crippen molar-refractivity contribution in [2.75, 3.05) is 0 Å². The lowest BCUT2D eigenvalue weighted by atomic mass is 9.89. The van der Waals surface area contributed by atoms with E-state index in [-0.39, 0.29) is 0 Å². The minimum Gasteiger partial charge on any atom is -0.508 e. The second-order valence-electron chi connectivity index (χ2n) is 10.5. The number of phenolic OH excluding ortho intramolecular Hbond substituents is 1. The summed E-state index contributed by atoms with van der Waals surface area (Å²) in [6.45, 7) is 6.87. The molecule has 0 saturated carbocycles. The van der Waals surface area contributed by atoms with E-state index in [2.05, 4.69) is 26.8 Å². The highest BCUT2D eigenvalue weighted by Gasteiger charge is 2.13. The van der Waals surface area contributed by atoms with Crippen LogP contribution in [0.1, 0.15) is 166 Å². The van der Waals surface area contributed by atoms with Crippen molar-refractivity contribution in [1.82, 2.24) is 0 Å². The lowest BCUT2D eigenvalue weighted by Crippen LogP contribution is -2.03. The van der Waals surface area contributed by atoms with Crippen molar-refractivity contribution in [1.29, 1.82) is 0 Å². The zero-order chi connectivity index (χ0) is 24.0. The van der Waals surface area contributed by atoms with Gasteiger partial charge >= 0.3 is 0 Å². The van der Waals surface area contributed by atoms with E-state index in [9.17, 15) is 5.11 Å². The van der Waals surface area contributed by atoms with Crippen molar-refractivity contribution in [2.45, 2.75) is 168 Å². The second kappa shape index (κ2) is 21.5. The molecule has 0 heterocycles. The van der Waals surface area contributed by atoms with E-state index in [0.29, 0.717) is 5.75 Å². The molecular formula is C32H58O. The Hall–Kier alpha value is -0.980. The molecule has 0 aliphatic heterocycles. The van der Waals surface area contributed by atoms with Gasteiger partial charge in [-0.2, -0.15) is 0 Å². The number of benzene rings is 1. The molecule has 1 N–H and O–H groups in total. The average Bonchev–Trinajstić information content (AvgIpc) is 2.82. The molecule has 1 heteroatoms. The molecule has 0 fully saturated rings. The van der Waals surface area contributed by atoms with Crippen LogP contribution in [-0.2, 0) is 19.3 Å². The molecule has 0 atom stereocenters. The summed E-state index contributed by atoms with van der Waals surface area (Å²) in [5.41, 5.74) is 4.33. The highest BCUT2D eigenvalue weighted by molar-refractivity contribution is 5.45. The third kappa shape index (κ3) is 14.8. The summed E-state index contributed by atoms with van der Waals surface area (Å²) in [5, 5.41) is 10.7. The lowest BCUT2D eigenvalue weighted by Gasteiger charge is -2.17. The summed E-state index contributed by atoms with van der Waals surface area (Å²) >= 11 is 0. The van der Waals surface area contributed by atoms with Crippen LogP contribution in [-0.4, -0.2) is 5.11 Å². The van der Waals surface area contributed by atoms with Crippen molar-refractivity contribution in [3.8, 4) is 5.75 Å². The van der Waals surface area contributed by atoms with E-state index >= 15 is 0 Å². The Labute approximate surface area is 208 Å². The smallest absolute Gasteiger partial charge is 0.119 e. The summed E-state index contributed by atoms with van der Waals surface area (Å²) in [5.74, 6) is 0.559. The third-order valence-corrected chi connectivity index (χ3v) is 7.36. The molecule has 192 valence electrons. The van der Waals surface area contributed by atoms with Gasteiger partial charge in [0, 0.05) is 0 Å². The first kappa shape index (κ1) is 30.1. The standard InChI is InChI=1S/C32H58O/c1-4-7-10-13-14-15-16-17-20-23-26-31-30(25-22-19-12-9-6-3)29(27-28-32(31)33)24-21-18-11-8-5-2/h27-28,33H,4-26H2,1-3H3. The van der Waals surface area contributed by atoms with Gasteiger partial charge in [0.15, 0.2) is 0 Å². The van der Waals surface area contributed by atoms with Crippen LogP contribution in [0.4, 0.5) is 0 Å². The van der Waals surface area contributed by atoms with Crippen molar-refractivity contribution < 1.29 is 5.11 Å². The van der Waals surface area contributed by atoms with Gasteiger partial charge in [0.2, 0.25) is 0 Å². The molecular weight excluding hydrogens is 400 g/mol. The molecule has 1 nitrogen and oxygen atoms in total. The Balaban J connectivity index is 2.54. The molecule has 0 aliphatic rings. The van der Waals surface area contributed by atoms with Gasteiger partial charge in [-0.15, -0.1) is 0 Å². The molecule has 0 unspecified atom stereocenters. The molecule has 1 rings (SSSR count). The van der Waals surface area contributed by atoms with Crippen molar-refractivity contribution in [2.24, 2.45) is 0 Å². The molecule has 0 aliphatic carbocycles. The zero-order valence-electron chi connectivity index (χ0n) is 22.9. The van der Waals surface area contributed by atoms with Gasteiger partial charge in [-0.25, -0.2) is 0 Å². The normalized spacial score (nSPS) is 11.4. The first-order valence-corrected chi connectivity index (χ1v) is 15.1. The van der Waals surface area contributed by atoms with Gasteiger partial charge in [0.1, 0.15) is 5.75 Å². The van der Waals surface area contributed by atoms with Gasteiger partial charge in [-0.05, 0) is 61.3 Å². The maximum absolute atomic E-state index is 10.7. The minimum atomic E-state index is 0.559. The van der Waals surface area contributed by atoms with Crippen molar-refractivity contribution >= 4 is 0 Å². The minimum absolute atomic E-state index is 0.559. The van der Waals surface area contributed by atoms with E-state index < -0.39 is 0 Å². The van der Waals surface area contributed by atoms with Crippen LogP contribution in [0.5, 0.6) is 5.75 Å². The van der Waals surface area contributed by atoms with Crippen LogP contribution in [0.25, 0.3) is 0 Å². The predicted molar refractivity (Wildman–Crippen MR) is 149 cm³/mol. The molecule has 1 aromatic rings. The summed E-state index contributed by atoms with van der Waals surface area (Å²) in [6.07, 6.45) is 30.4. The van der Waals surface area contributed by atoms with Gasteiger partial charge in [0.25, 0.3) is 0 Å². The summed E-state index contributed by atoms with van der Waals surface area (Å²) in [7, 11) is 0. The van der Waals surface area contributed by atoms with Crippen LogP contribution in [0, 0.1) is 0 Å². The van der Waals surface area contributed by atoms with E-state index in [1.165, 1.54) is 152 Å². The van der Waals surface area contributed by atoms with Crippen LogP contribution in [0.3, 0.4) is 0 Å². The predicted octanol–water partition coefficient (Wildman–Crippen LogP) is 10.9. The number of aromatic hydroxyl groups is 1. The number of hydrogen-bond acceptors (Lipinski definition) is 1. The van der Waals surface area contributed by atoms with Crippen LogP contribution < -0.4 is 0 Å².